The van der Waals surface area contributed by atoms with Gasteiger partial charge in [-0.25, -0.2) is 9.69 Å². The van der Waals surface area contributed by atoms with Gasteiger partial charge in [0.1, 0.15) is 5.70 Å². The number of allylic oxidation sites excluding steroid dienone is 1. The molecule has 0 aliphatic carbocycles. The molecule has 2 amide bonds. The number of ketones is 1. The second-order valence-corrected chi connectivity index (χ2v) is 7.60. The lowest BCUT2D eigenvalue weighted by molar-refractivity contribution is -0.137. The molecule has 34 heavy (non-hydrogen) atoms. The van der Waals surface area contributed by atoms with E-state index in [-0.39, 0.29) is 30.6 Å². The Balaban J connectivity index is 1.56. The van der Waals surface area contributed by atoms with Crippen molar-refractivity contribution in [2.75, 3.05) is 51.5 Å². The van der Waals surface area contributed by atoms with E-state index in [1.807, 2.05) is 0 Å². The van der Waals surface area contributed by atoms with E-state index in [1.165, 1.54) is 12.0 Å². The van der Waals surface area contributed by atoms with Gasteiger partial charge in [0.05, 0.1) is 32.6 Å². The maximum atomic E-state index is 13.0. The maximum absolute atomic E-state index is 13.0. The molecule has 0 spiro atoms. The standard InChI is InChI=1S/C25H26N2O7/c1-3-33-25(30)27-19-7-5-4-6-18(19)24(29)20(27)14-17-8-9-21(22(15-17)31-2)34-16-23(28)26-10-12-32-13-11-26/h4-9,14-15H,3,10-13,16H2,1-2H3. The molecule has 9 nitrogen and oxygen atoms in total. The number of Topliss-reactive ketones (excluding diaryl/α,β-unsaturated/α-hetero) is 1. The van der Waals surface area contributed by atoms with Gasteiger partial charge in [-0.05, 0) is 42.8 Å². The van der Waals surface area contributed by atoms with Crippen LogP contribution in [0.4, 0.5) is 10.5 Å². The average Bonchev–Trinajstić information content (AvgIpc) is 3.15. The molecule has 0 atom stereocenters. The quantitative estimate of drug-likeness (QED) is 0.604. The molecule has 0 unspecified atom stereocenters. The van der Waals surface area contributed by atoms with Crippen molar-refractivity contribution in [3.63, 3.8) is 0 Å². The van der Waals surface area contributed by atoms with Crippen molar-refractivity contribution in [3.8, 4) is 11.5 Å². The summed E-state index contributed by atoms with van der Waals surface area (Å²) < 4.78 is 21.6. The number of amides is 2. The zero-order chi connectivity index (χ0) is 24.1. The lowest BCUT2D eigenvalue weighted by Gasteiger charge is -2.26. The molecule has 2 aliphatic rings. The topological polar surface area (TPSA) is 94.6 Å². The van der Waals surface area contributed by atoms with E-state index in [0.29, 0.717) is 54.6 Å². The van der Waals surface area contributed by atoms with Gasteiger partial charge in [-0.2, -0.15) is 0 Å². The van der Waals surface area contributed by atoms with E-state index in [4.69, 9.17) is 18.9 Å². The van der Waals surface area contributed by atoms with Gasteiger partial charge in [-0.1, -0.05) is 18.2 Å². The van der Waals surface area contributed by atoms with Crippen LogP contribution in [-0.2, 0) is 14.3 Å². The van der Waals surface area contributed by atoms with E-state index in [0.717, 1.165) is 0 Å². The van der Waals surface area contributed by atoms with Crippen LogP contribution >= 0.6 is 0 Å². The molecule has 1 fully saturated rings. The van der Waals surface area contributed by atoms with Crippen molar-refractivity contribution < 1.29 is 33.3 Å². The summed E-state index contributed by atoms with van der Waals surface area (Å²) in [7, 11) is 1.49. The highest BCUT2D eigenvalue weighted by molar-refractivity contribution is 6.26. The number of morpholine rings is 1. The van der Waals surface area contributed by atoms with Gasteiger partial charge in [-0.15, -0.1) is 0 Å². The number of hydrogen-bond donors (Lipinski definition) is 0. The van der Waals surface area contributed by atoms with E-state index in [1.54, 1.807) is 60.4 Å². The first kappa shape index (κ1) is 23.3. The van der Waals surface area contributed by atoms with Crippen LogP contribution in [0.1, 0.15) is 22.8 Å². The summed E-state index contributed by atoms with van der Waals surface area (Å²) in [6.45, 7) is 3.88. The third kappa shape index (κ3) is 4.74. The van der Waals surface area contributed by atoms with Crippen molar-refractivity contribution in [2.45, 2.75) is 6.92 Å². The number of hydrogen-bond acceptors (Lipinski definition) is 7. The summed E-state index contributed by atoms with van der Waals surface area (Å²) in [5.41, 5.74) is 1.70. The van der Waals surface area contributed by atoms with Crippen LogP contribution in [0.2, 0.25) is 0 Å². The van der Waals surface area contributed by atoms with Crippen molar-refractivity contribution in [1.82, 2.24) is 4.90 Å². The fourth-order valence-electron chi connectivity index (χ4n) is 3.84. The second kappa shape index (κ2) is 10.4. The molecule has 0 aromatic heterocycles. The highest BCUT2D eigenvalue weighted by Gasteiger charge is 2.37. The van der Waals surface area contributed by atoms with Crippen LogP contribution in [-0.4, -0.2) is 69.3 Å². The first-order valence-corrected chi connectivity index (χ1v) is 11.0. The van der Waals surface area contributed by atoms with Crippen LogP contribution in [0, 0.1) is 0 Å². The van der Waals surface area contributed by atoms with E-state index in [9.17, 15) is 14.4 Å². The van der Waals surface area contributed by atoms with Gasteiger partial charge < -0.3 is 23.8 Å². The van der Waals surface area contributed by atoms with Crippen LogP contribution in [0.15, 0.2) is 48.2 Å². The van der Waals surface area contributed by atoms with Gasteiger partial charge in [-0.3, -0.25) is 9.59 Å². The summed E-state index contributed by atoms with van der Waals surface area (Å²) >= 11 is 0. The summed E-state index contributed by atoms with van der Waals surface area (Å²) in [4.78, 5) is 41.0. The van der Waals surface area contributed by atoms with Gasteiger partial charge in [0, 0.05) is 18.7 Å². The molecular formula is C25H26N2O7. The van der Waals surface area contributed by atoms with Crippen molar-refractivity contribution in [1.29, 1.82) is 0 Å². The SMILES string of the molecule is CCOC(=O)N1C(=Cc2ccc(OCC(=O)N3CCOCC3)c(OC)c2)C(=O)c2ccccc21. The smallest absolute Gasteiger partial charge is 0.419 e. The number of rotatable bonds is 6. The Morgan fingerprint density at radius 3 is 2.59 bits per heavy atom. The molecule has 178 valence electrons. The largest absolute Gasteiger partial charge is 0.493 e. The predicted octanol–water partition coefficient (Wildman–Crippen LogP) is 3.13. The Hall–Kier alpha value is -3.85. The molecule has 0 N–H and O–H groups in total. The fraction of sp³-hybridized carbons (Fsp3) is 0.320. The number of carbonyl (C=O) groups excluding carboxylic acids is 3. The highest BCUT2D eigenvalue weighted by Crippen LogP contribution is 2.37. The number of nitrogens with zero attached hydrogens (tertiary/aromatic N) is 2. The lowest BCUT2D eigenvalue weighted by Crippen LogP contribution is -2.43. The lowest BCUT2D eigenvalue weighted by atomic mass is 10.1. The summed E-state index contributed by atoms with van der Waals surface area (Å²) in [6.07, 6.45) is 0.977. The van der Waals surface area contributed by atoms with Crippen molar-refractivity contribution in [2.24, 2.45) is 0 Å². The normalized spacial score (nSPS) is 16.4. The van der Waals surface area contributed by atoms with Crippen LogP contribution < -0.4 is 14.4 Å². The fourth-order valence-corrected chi connectivity index (χ4v) is 3.84. The number of anilines is 1. The Kier molecular flexibility index (Phi) is 7.12. The molecule has 0 bridgehead atoms. The van der Waals surface area contributed by atoms with Crippen LogP contribution in [0.3, 0.4) is 0 Å². The third-order valence-corrected chi connectivity index (χ3v) is 5.52. The van der Waals surface area contributed by atoms with Crippen LogP contribution in [0.5, 0.6) is 11.5 Å². The molecule has 0 saturated carbocycles. The first-order valence-electron chi connectivity index (χ1n) is 11.0. The molecule has 1 saturated heterocycles. The molecule has 9 heteroatoms. The molecule has 2 aliphatic heterocycles. The Bertz CT molecular complexity index is 1120. The number of methoxy groups -OCH3 is 1. The summed E-state index contributed by atoms with van der Waals surface area (Å²) in [6, 6.07) is 12.0. The third-order valence-electron chi connectivity index (χ3n) is 5.52. The van der Waals surface area contributed by atoms with E-state index >= 15 is 0 Å². The Morgan fingerprint density at radius 2 is 1.85 bits per heavy atom. The van der Waals surface area contributed by atoms with Gasteiger partial charge in [0.2, 0.25) is 5.78 Å². The molecule has 0 radical (unpaired) electrons. The summed E-state index contributed by atoms with van der Waals surface area (Å²) in [5, 5.41) is 0. The molecule has 2 aromatic rings. The molecule has 2 aromatic carbocycles. The zero-order valence-corrected chi connectivity index (χ0v) is 19.1. The number of para-hydroxylation sites is 1. The molecule has 4 rings (SSSR count). The number of ether oxygens (including phenoxy) is 4. The second-order valence-electron chi connectivity index (χ2n) is 7.60. The molecular weight excluding hydrogens is 440 g/mol. The Labute approximate surface area is 197 Å². The maximum Gasteiger partial charge on any atom is 0.419 e. The monoisotopic (exact) mass is 466 g/mol. The number of carbonyl (C=O) groups is 3. The van der Waals surface area contributed by atoms with Gasteiger partial charge >= 0.3 is 6.09 Å². The predicted molar refractivity (Wildman–Crippen MR) is 124 cm³/mol. The number of fused-ring (bicyclic) bond motifs is 1. The van der Waals surface area contributed by atoms with E-state index < -0.39 is 6.09 Å². The summed E-state index contributed by atoms with van der Waals surface area (Å²) in [5.74, 6) is 0.388. The van der Waals surface area contributed by atoms with Gasteiger partial charge in [0.15, 0.2) is 18.1 Å². The number of benzene rings is 2. The van der Waals surface area contributed by atoms with Gasteiger partial charge in [0.25, 0.3) is 5.91 Å². The van der Waals surface area contributed by atoms with Crippen molar-refractivity contribution in [3.05, 3.63) is 59.3 Å². The van der Waals surface area contributed by atoms with E-state index in [2.05, 4.69) is 0 Å². The first-order chi connectivity index (χ1) is 16.5. The van der Waals surface area contributed by atoms with Crippen LogP contribution in [0.25, 0.3) is 6.08 Å². The molecule has 2 heterocycles. The Morgan fingerprint density at radius 1 is 1.09 bits per heavy atom. The minimum absolute atomic E-state index is 0.124. The minimum Gasteiger partial charge on any atom is -0.493 e. The van der Waals surface area contributed by atoms with Crippen molar-refractivity contribution >= 4 is 29.5 Å². The zero-order valence-electron chi connectivity index (χ0n) is 19.1. The highest BCUT2D eigenvalue weighted by atomic mass is 16.6. The average molecular weight is 466 g/mol. The minimum atomic E-state index is -0.624.